The van der Waals surface area contributed by atoms with E-state index in [2.05, 4.69) is 25.8 Å². The van der Waals surface area contributed by atoms with Gasteiger partial charge in [0.05, 0.1) is 6.61 Å². The number of hydrogen-bond acceptors (Lipinski definition) is 3. The first-order valence-corrected chi connectivity index (χ1v) is 13.0. The molecule has 5 rings (SSSR count). The predicted octanol–water partition coefficient (Wildman–Crippen LogP) is 6.20. The Balaban J connectivity index is 1.23. The van der Waals surface area contributed by atoms with Gasteiger partial charge < -0.3 is 9.64 Å². The second-order valence-electron chi connectivity index (χ2n) is 11.8. The van der Waals surface area contributed by atoms with E-state index in [4.69, 9.17) is 4.74 Å². The van der Waals surface area contributed by atoms with Gasteiger partial charge in [0.2, 0.25) is 0 Å². The molecule has 3 heteroatoms. The summed E-state index contributed by atoms with van der Waals surface area (Å²) in [5, 5.41) is 0. The standard InChI is InChI=1S/C29H41NO2/c1-28-18-16-25-23(12-14-26-29(25,2)17-7-19-30(26)3)24(28)13-11-22(28)20-32-27(31)15-10-21-8-5-4-6-9-21/h4-6,8-10,15,22-26H,7,11-14,16-20H2,1-3H3/t22?,23-,24-,25+,26?,28+,29+/m0/s1. The lowest BCUT2D eigenvalue weighted by atomic mass is 9.47. The van der Waals surface area contributed by atoms with Crippen LogP contribution in [-0.4, -0.2) is 37.1 Å². The fourth-order valence-electron chi connectivity index (χ4n) is 8.72. The Hall–Kier alpha value is -1.61. The van der Waals surface area contributed by atoms with Crippen LogP contribution in [0.25, 0.3) is 6.08 Å². The second kappa shape index (κ2) is 8.63. The molecule has 3 saturated carbocycles. The Labute approximate surface area is 194 Å². The monoisotopic (exact) mass is 435 g/mol. The number of ether oxygens (including phenoxy) is 1. The summed E-state index contributed by atoms with van der Waals surface area (Å²) < 4.78 is 5.79. The molecular formula is C29H41NO2. The third kappa shape index (κ3) is 3.75. The molecule has 3 nitrogen and oxygen atoms in total. The van der Waals surface area contributed by atoms with E-state index in [1.165, 1.54) is 57.9 Å². The molecule has 7 atom stereocenters. The molecular weight excluding hydrogens is 394 g/mol. The molecule has 0 aromatic heterocycles. The van der Waals surface area contributed by atoms with Crippen molar-refractivity contribution in [2.45, 2.75) is 71.3 Å². The molecule has 4 aliphatic rings. The Morgan fingerprint density at radius 3 is 2.62 bits per heavy atom. The SMILES string of the molecule is CN1CCC[C@@]2(C)C1CC[C@@H]1[C@H]2CC[C@]2(C)C(COC(=O)C=Cc3ccccc3)CC[C@@H]12. The number of benzene rings is 1. The van der Waals surface area contributed by atoms with Crippen molar-refractivity contribution >= 4 is 12.0 Å². The zero-order valence-electron chi connectivity index (χ0n) is 20.3. The smallest absolute Gasteiger partial charge is 0.330 e. The summed E-state index contributed by atoms with van der Waals surface area (Å²) in [6.07, 6.45) is 14.2. The lowest BCUT2D eigenvalue weighted by Gasteiger charge is -2.62. The number of likely N-dealkylation sites (tertiary alicyclic amines) is 1. The summed E-state index contributed by atoms with van der Waals surface area (Å²) in [5.74, 6) is 2.89. The molecule has 1 saturated heterocycles. The van der Waals surface area contributed by atoms with Gasteiger partial charge in [0.1, 0.15) is 0 Å². The maximum absolute atomic E-state index is 12.4. The van der Waals surface area contributed by atoms with E-state index in [0.29, 0.717) is 23.4 Å². The molecule has 0 bridgehead atoms. The van der Waals surface area contributed by atoms with Gasteiger partial charge in [-0.25, -0.2) is 4.79 Å². The van der Waals surface area contributed by atoms with Crippen LogP contribution in [-0.2, 0) is 9.53 Å². The largest absolute Gasteiger partial charge is 0.462 e. The summed E-state index contributed by atoms with van der Waals surface area (Å²) in [7, 11) is 2.36. The van der Waals surface area contributed by atoms with Crippen LogP contribution < -0.4 is 0 Å². The van der Waals surface area contributed by atoms with Gasteiger partial charge in [0.15, 0.2) is 0 Å². The Kier molecular flexibility index (Phi) is 5.99. The van der Waals surface area contributed by atoms with E-state index in [9.17, 15) is 4.79 Å². The van der Waals surface area contributed by atoms with Gasteiger partial charge in [-0.05, 0) is 111 Å². The predicted molar refractivity (Wildman–Crippen MR) is 130 cm³/mol. The Morgan fingerprint density at radius 1 is 1.03 bits per heavy atom. The van der Waals surface area contributed by atoms with Crippen molar-refractivity contribution in [1.82, 2.24) is 4.90 Å². The molecule has 0 radical (unpaired) electrons. The van der Waals surface area contributed by atoms with E-state index in [1.54, 1.807) is 6.08 Å². The lowest BCUT2D eigenvalue weighted by Crippen LogP contribution is -2.60. The maximum Gasteiger partial charge on any atom is 0.330 e. The van der Waals surface area contributed by atoms with E-state index in [-0.39, 0.29) is 5.97 Å². The first-order valence-electron chi connectivity index (χ1n) is 13.0. The first kappa shape index (κ1) is 22.2. The number of fused-ring (bicyclic) bond motifs is 5. The zero-order chi connectivity index (χ0) is 22.3. The molecule has 1 aliphatic heterocycles. The summed E-state index contributed by atoms with van der Waals surface area (Å²) in [5.41, 5.74) is 1.88. The highest BCUT2D eigenvalue weighted by Gasteiger charge is 2.60. The normalized spacial score (nSPS) is 41.7. The number of nitrogens with zero attached hydrogens (tertiary/aromatic N) is 1. The van der Waals surface area contributed by atoms with E-state index in [0.717, 1.165) is 29.4 Å². The first-order chi connectivity index (χ1) is 15.4. The summed E-state index contributed by atoms with van der Waals surface area (Å²) in [6, 6.07) is 10.8. The molecule has 174 valence electrons. The number of carbonyl (C=O) groups is 1. The minimum absolute atomic E-state index is 0.201. The van der Waals surface area contributed by atoms with Crippen LogP contribution in [0.5, 0.6) is 0 Å². The van der Waals surface area contributed by atoms with Gasteiger partial charge >= 0.3 is 5.97 Å². The summed E-state index contributed by atoms with van der Waals surface area (Å²) >= 11 is 0. The van der Waals surface area contributed by atoms with Crippen molar-refractivity contribution in [3.8, 4) is 0 Å². The fourth-order valence-corrected chi connectivity index (χ4v) is 8.72. The summed E-state index contributed by atoms with van der Waals surface area (Å²) in [4.78, 5) is 15.1. The van der Waals surface area contributed by atoms with Crippen LogP contribution in [0.1, 0.15) is 70.8 Å². The lowest BCUT2D eigenvalue weighted by molar-refractivity contribution is -0.144. The molecule has 32 heavy (non-hydrogen) atoms. The highest BCUT2D eigenvalue weighted by molar-refractivity contribution is 5.87. The Morgan fingerprint density at radius 2 is 1.81 bits per heavy atom. The van der Waals surface area contributed by atoms with Crippen molar-refractivity contribution in [1.29, 1.82) is 0 Å². The van der Waals surface area contributed by atoms with Gasteiger partial charge in [-0.3, -0.25) is 0 Å². The van der Waals surface area contributed by atoms with Gasteiger partial charge in [0, 0.05) is 12.1 Å². The van der Waals surface area contributed by atoms with Crippen LogP contribution >= 0.6 is 0 Å². The van der Waals surface area contributed by atoms with Gasteiger partial charge in [-0.2, -0.15) is 0 Å². The molecule has 0 amide bonds. The maximum atomic E-state index is 12.4. The molecule has 3 aliphatic carbocycles. The van der Waals surface area contributed by atoms with Gasteiger partial charge in [-0.1, -0.05) is 44.2 Å². The third-order valence-corrected chi connectivity index (χ3v) is 10.4. The minimum atomic E-state index is -0.201. The Bertz CT molecular complexity index is 850. The van der Waals surface area contributed by atoms with Crippen LogP contribution in [0.4, 0.5) is 0 Å². The molecule has 1 aromatic carbocycles. The average molecular weight is 436 g/mol. The highest BCUT2D eigenvalue weighted by Crippen LogP contribution is 2.66. The third-order valence-electron chi connectivity index (χ3n) is 10.4. The van der Waals surface area contributed by atoms with Crippen LogP contribution in [0.3, 0.4) is 0 Å². The minimum Gasteiger partial charge on any atom is -0.462 e. The van der Waals surface area contributed by atoms with E-state index < -0.39 is 0 Å². The van der Waals surface area contributed by atoms with Gasteiger partial charge in [-0.15, -0.1) is 0 Å². The van der Waals surface area contributed by atoms with Gasteiger partial charge in [0.25, 0.3) is 0 Å². The van der Waals surface area contributed by atoms with E-state index in [1.807, 2.05) is 36.4 Å². The van der Waals surface area contributed by atoms with E-state index >= 15 is 0 Å². The van der Waals surface area contributed by atoms with Crippen molar-refractivity contribution in [2.75, 3.05) is 20.2 Å². The van der Waals surface area contributed by atoms with Crippen LogP contribution in [0, 0.1) is 34.5 Å². The number of carbonyl (C=O) groups excluding carboxylic acids is 1. The van der Waals surface area contributed by atoms with Crippen LogP contribution in [0.15, 0.2) is 36.4 Å². The quantitative estimate of drug-likeness (QED) is 0.417. The van der Waals surface area contributed by atoms with Crippen molar-refractivity contribution in [2.24, 2.45) is 34.5 Å². The number of rotatable bonds is 4. The number of piperidine rings is 1. The molecule has 1 heterocycles. The number of esters is 1. The average Bonchev–Trinajstić information content (AvgIpc) is 3.13. The molecule has 2 unspecified atom stereocenters. The second-order valence-corrected chi connectivity index (χ2v) is 11.8. The van der Waals surface area contributed by atoms with Crippen molar-refractivity contribution in [3.63, 3.8) is 0 Å². The van der Waals surface area contributed by atoms with Crippen LogP contribution in [0.2, 0.25) is 0 Å². The topological polar surface area (TPSA) is 29.5 Å². The summed E-state index contributed by atoms with van der Waals surface area (Å²) in [6.45, 7) is 7.02. The fraction of sp³-hybridized carbons (Fsp3) is 0.690. The molecule has 1 aromatic rings. The van der Waals surface area contributed by atoms with Crippen molar-refractivity contribution in [3.05, 3.63) is 42.0 Å². The molecule has 4 fully saturated rings. The molecule has 0 spiro atoms. The van der Waals surface area contributed by atoms with Crippen molar-refractivity contribution < 1.29 is 9.53 Å². The highest BCUT2D eigenvalue weighted by atomic mass is 16.5. The molecule has 0 N–H and O–H groups in total. The number of hydrogen-bond donors (Lipinski definition) is 0. The zero-order valence-corrected chi connectivity index (χ0v) is 20.3.